The Kier molecular flexibility index (Phi) is 10.8. The topological polar surface area (TPSA) is 140 Å². The lowest BCUT2D eigenvalue weighted by Gasteiger charge is -2.23. The molecular weight excluding hydrogens is 699 g/mol. The maximum Gasteiger partial charge on any atom is 0.289 e. The lowest BCUT2D eigenvalue weighted by Crippen LogP contribution is -2.39. The maximum atomic E-state index is 13.6. The standard InChI is InChI=1S/C29H23BrCl2N4O7S/c1-42-26-14-19(13-23(30)29(26)43-18-20-11-12-21(31)15-24(20)32)16-33-34-28(37)17-35(22-7-3-2-4-8-22)44(40,41)27-10-6-5-9-25(27)36(38)39/h2-16H,17-18H2,1H3,(H,34,37). The Balaban J connectivity index is 1.51. The summed E-state index contributed by atoms with van der Waals surface area (Å²) in [6.45, 7) is -0.565. The van der Waals surface area contributed by atoms with E-state index in [4.69, 9.17) is 32.7 Å². The molecular formula is C29H23BrCl2N4O7S. The molecule has 4 rings (SSSR count). The summed E-state index contributed by atoms with van der Waals surface area (Å²) in [6.07, 6.45) is 1.33. The van der Waals surface area contributed by atoms with Gasteiger partial charge in [-0.25, -0.2) is 13.8 Å². The number of para-hydroxylation sites is 2. The van der Waals surface area contributed by atoms with E-state index in [1.54, 1.807) is 48.5 Å². The van der Waals surface area contributed by atoms with Crippen LogP contribution in [0.15, 0.2) is 99.4 Å². The van der Waals surface area contributed by atoms with Crippen LogP contribution in [0, 0.1) is 10.1 Å². The highest BCUT2D eigenvalue weighted by molar-refractivity contribution is 9.10. The highest BCUT2D eigenvalue weighted by Gasteiger charge is 2.33. The molecule has 0 aliphatic rings. The van der Waals surface area contributed by atoms with Gasteiger partial charge >= 0.3 is 0 Å². The van der Waals surface area contributed by atoms with Crippen LogP contribution in [-0.2, 0) is 21.4 Å². The summed E-state index contributed by atoms with van der Waals surface area (Å²) in [5, 5.41) is 16.4. The molecule has 0 saturated carbocycles. The minimum atomic E-state index is -4.52. The molecule has 0 bridgehead atoms. The molecule has 0 saturated heterocycles. The van der Waals surface area contributed by atoms with Crippen molar-refractivity contribution in [2.45, 2.75) is 11.5 Å². The number of carbonyl (C=O) groups is 1. The van der Waals surface area contributed by atoms with Crippen molar-refractivity contribution in [2.24, 2.45) is 5.10 Å². The van der Waals surface area contributed by atoms with Crippen molar-refractivity contribution in [3.05, 3.63) is 121 Å². The fourth-order valence-electron chi connectivity index (χ4n) is 3.94. The van der Waals surface area contributed by atoms with Crippen LogP contribution in [0.1, 0.15) is 11.1 Å². The Morgan fingerprint density at radius 2 is 1.77 bits per heavy atom. The number of nitrogens with one attached hydrogen (secondary N) is 1. The minimum Gasteiger partial charge on any atom is -0.493 e. The maximum absolute atomic E-state index is 13.6. The third-order valence-electron chi connectivity index (χ3n) is 6.00. The van der Waals surface area contributed by atoms with Gasteiger partial charge in [-0.3, -0.25) is 19.2 Å². The van der Waals surface area contributed by atoms with Crippen molar-refractivity contribution >= 4 is 72.7 Å². The Morgan fingerprint density at radius 3 is 2.45 bits per heavy atom. The number of methoxy groups -OCH3 is 1. The van der Waals surface area contributed by atoms with Crippen LogP contribution >= 0.6 is 39.1 Å². The summed E-state index contributed by atoms with van der Waals surface area (Å²) in [5.74, 6) is -0.0282. The number of nitro benzene ring substituents is 1. The highest BCUT2D eigenvalue weighted by atomic mass is 79.9. The van der Waals surface area contributed by atoms with Crippen LogP contribution in [0.3, 0.4) is 0 Å². The van der Waals surface area contributed by atoms with Gasteiger partial charge in [-0.15, -0.1) is 0 Å². The van der Waals surface area contributed by atoms with Crippen LogP contribution in [0.4, 0.5) is 11.4 Å². The smallest absolute Gasteiger partial charge is 0.289 e. The molecule has 0 heterocycles. The molecule has 15 heteroatoms. The van der Waals surface area contributed by atoms with Crippen molar-refractivity contribution in [1.29, 1.82) is 0 Å². The molecule has 4 aromatic carbocycles. The SMILES string of the molecule is COc1cc(C=NNC(=O)CN(c2ccccc2)S(=O)(=O)c2ccccc2[N+](=O)[O-])cc(Br)c1OCc1ccc(Cl)cc1Cl. The first-order valence-electron chi connectivity index (χ1n) is 12.6. The number of anilines is 1. The van der Waals surface area contributed by atoms with E-state index in [1.165, 1.54) is 37.6 Å². The van der Waals surface area contributed by atoms with Gasteiger partial charge in [0.2, 0.25) is 0 Å². The molecule has 0 spiro atoms. The number of nitrogens with zero attached hydrogens (tertiary/aromatic N) is 3. The van der Waals surface area contributed by atoms with Crippen LogP contribution in [-0.4, -0.2) is 39.1 Å². The number of halogens is 3. The molecule has 0 atom stereocenters. The second-order valence-corrected chi connectivity index (χ2v) is 12.5. The molecule has 1 N–H and O–H groups in total. The predicted molar refractivity (Wildman–Crippen MR) is 171 cm³/mol. The number of rotatable bonds is 12. The molecule has 1 amide bonds. The number of nitro groups is 1. The van der Waals surface area contributed by atoms with Gasteiger partial charge in [0.1, 0.15) is 13.2 Å². The van der Waals surface area contributed by atoms with E-state index in [1.807, 2.05) is 0 Å². The third kappa shape index (κ3) is 7.85. The summed E-state index contributed by atoms with van der Waals surface area (Å²) >= 11 is 15.6. The predicted octanol–water partition coefficient (Wildman–Crippen LogP) is 6.60. The van der Waals surface area contributed by atoms with E-state index < -0.39 is 38.0 Å². The van der Waals surface area contributed by atoms with Crippen molar-refractivity contribution < 1.29 is 27.6 Å². The quantitative estimate of drug-likeness (QED) is 0.0988. The van der Waals surface area contributed by atoms with Gasteiger partial charge in [0.15, 0.2) is 16.4 Å². The van der Waals surface area contributed by atoms with Gasteiger partial charge in [0.05, 0.1) is 28.4 Å². The molecule has 228 valence electrons. The lowest BCUT2D eigenvalue weighted by atomic mass is 10.2. The monoisotopic (exact) mass is 720 g/mol. The van der Waals surface area contributed by atoms with Crippen LogP contribution in [0.25, 0.3) is 0 Å². The number of hydrogen-bond acceptors (Lipinski definition) is 8. The molecule has 0 aliphatic carbocycles. The first kappa shape index (κ1) is 32.7. The third-order valence-corrected chi connectivity index (χ3v) is 9.00. The van der Waals surface area contributed by atoms with E-state index in [2.05, 4.69) is 26.5 Å². The van der Waals surface area contributed by atoms with E-state index in [-0.39, 0.29) is 12.3 Å². The number of benzene rings is 4. The van der Waals surface area contributed by atoms with Gasteiger partial charge in [-0.2, -0.15) is 5.10 Å². The summed E-state index contributed by atoms with van der Waals surface area (Å²) in [5.41, 5.74) is 3.04. The molecule has 0 aliphatic heterocycles. The molecule has 0 aromatic heterocycles. The first-order chi connectivity index (χ1) is 21.0. The minimum absolute atomic E-state index is 0.133. The largest absolute Gasteiger partial charge is 0.493 e. The summed E-state index contributed by atoms with van der Waals surface area (Å²) in [7, 11) is -3.06. The fourth-order valence-corrected chi connectivity index (χ4v) is 6.56. The van der Waals surface area contributed by atoms with Gasteiger partial charge < -0.3 is 9.47 Å². The normalized spacial score (nSPS) is 11.3. The molecule has 11 nitrogen and oxygen atoms in total. The van der Waals surface area contributed by atoms with Crippen LogP contribution in [0.5, 0.6) is 11.5 Å². The summed E-state index contributed by atoms with van der Waals surface area (Å²) in [6, 6.07) is 21.0. The Bertz CT molecular complexity index is 1830. The van der Waals surface area contributed by atoms with Crippen molar-refractivity contribution in [2.75, 3.05) is 18.0 Å². The zero-order valence-electron chi connectivity index (χ0n) is 22.8. The first-order valence-corrected chi connectivity index (χ1v) is 15.6. The van der Waals surface area contributed by atoms with Crippen molar-refractivity contribution in [3.8, 4) is 11.5 Å². The van der Waals surface area contributed by atoms with Crippen LogP contribution in [0.2, 0.25) is 10.0 Å². The fraction of sp³-hybridized carbons (Fsp3) is 0.103. The zero-order valence-corrected chi connectivity index (χ0v) is 26.7. The number of hydrogen-bond donors (Lipinski definition) is 1. The average molecular weight is 722 g/mol. The van der Waals surface area contributed by atoms with Crippen LogP contribution < -0.4 is 19.2 Å². The van der Waals surface area contributed by atoms with Gasteiger partial charge in [0, 0.05) is 21.7 Å². The Hall–Kier alpha value is -4.17. The second-order valence-electron chi connectivity index (χ2n) is 8.92. The highest BCUT2D eigenvalue weighted by Crippen LogP contribution is 2.37. The number of carbonyl (C=O) groups excluding carboxylic acids is 1. The van der Waals surface area contributed by atoms with Gasteiger partial charge in [-0.05, 0) is 64.0 Å². The molecule has 0 radical (unpaired) electrons. The van der Waals surface area contributed by atoms with Crippen molar-refractivity contribution in [3.63, 3.8) is 0 Å². The molecule has 0 fully saturated rings. The molecule has 0 unspecified atom stereocenters. The zero-order chi connectivity index (χ0) is 31.9. The van der Waals surface area contributed by atoms with Crippen molar-refractivity contribution in [1.82, 2.24) is 5.43 Å². The number of sulfonamides is 1. The van der Waals surface area contributed by atoms with E-state index >= 15 is 0 Å². The molecule has 4 aromatic rings. The summed E-state index contributed by atoms with van der Waals surface area (Å²) in [4.78, 5) is 23.1. The second kappa shape index (κ2) is 14.5. The number of hydrazone groups is 1. The Morgan fingerprint density at radius 1 is 1.07 bits per heavy atom. The number of amides is 1. The lowest BCUT2D eigenvalue weighted by molar-refractivity contribution is -0.387. The average Bonchev–Trinajstić information content (AvgIpc) is 3.00. The van der Waals surface area contributed by atoms with E-state index in [0.717, 1.165) is 16.4 Å². The van der Waals surface area contributed by atoms with Gasteiger partial charge in [0.25, 0.3) is 21.6 Å². The van der Waals surface area contributed by atoms with Gasteiger partial charge in [-0.1, -0.05) is 59.6 Å². The summed E-state index contributed by atoms with van der Waals surface area (Å²) < 4.78 is 39.8. The van der Waals surface area contributed by atoms with E-state index in [0.29, 0.717) is 37.1 Å². The molecule has 44 heavy (non-hydrogen) atoms. The number of ether oxygens (including phenoxy) is 2. The van der Waals surface area contributed by atoms with E-state index in [9.17, 15) is 23.3 Å². The Labute approximate surface area is 271 Å².